The fourth-order valence-corrected chi connectivity index (χ4v) is 1.91. The van der Waals surface area contributed by atoms with E-state index in [9.17, 15) is 4.79 Å². The lowest BCUT2D eigenvalue weighted by Gasteiger charge is -1.89. The number of aliphatic carboxylic acids is 1. The molecule has 0 saturated carbocycles. The van der Waals surface area contributed by atoms with Crippen LogP contribution in [-0.2, 0) is 4.79 Å². The van der Waals surface area contributed by atoms with E-state index in [-0.39, 0.29) is 0 Å². The Bertz CT molecular complexity index is 462. The largest absolute Gasteiger partial charge is 0.478 e. The molecule has 0 spiro atoms. The zero-order valence-corrected chi connectivity index (χ0v) is 14.9. The lowest BCUT2D eigenvalue weighted by atomic mass is 10.2. The molecule has 0 aliphatic heterocycles. The van der Waals surface area contributed by atoms with E-state index in [0.717, 1.165) is 51.4 Å². The average Bonchev–Trinajstić information content (AvgIpc) is 2.56. The van der Waals surface area contributed by atoms with Gasteiger partial charge in [0.1, 0.15) is 0 Å². The Hall–Kier alpha value is -2.09. The van der Waals surface area contributed by atoms with Gasteiger partial charge in [0, 0.05) is 6.08 Å². The lowest BCUT2D eigenvalue weighted by Crippen LogP contribution is -1.85. The molecular weight excluding hydrogens is 296 g/mol. The van der Waals surface area contributed by atoms with Gasteiger partial charge in [-0.25, -0.2) is 4.79 Å². The highest BCUT2D eigenvalue weighted by Crippen LogP contribution is 2.00. The summed E-state index contributed by atoms with van der Waals surface area (Å²) in [6.45, 7) is 2.15. The van der Waals surface area contributed by atoms with Gasteiger partial charge in [0.25, 0.3) is 0 Å². The molecule has 0 atom stereocenters. The van der Waals surface area contributed by atoms with Crippen molar-refractivity contribution in [2.75, 3.05) is 0 Å². The van der Waals surface area contributed by atoms with E-state index in [4.69, 9.17) is 5.11 Å². The third-order valence-electron chi connectivity index (χ3n) is 3.16. The van der Waals surface area contributed by atoms with Crippen molar-refractivity contribution in [1.29, 1.82) is 0 Å². The molecule has 0 rings (SSSR count). The topological polar surface area (TPSA) is 37.3 Å². The number of unbranched alkanes of at least 4 members (excludes halogenated alkanes) is 2. The van der Waals surface area contributed by atoms with Crippen molar-refractivity contribution in [2.24, 2.45) is 0 Å². The van der Waals surface area contributed by atoms with Crippen LogP contribution >= 0.6 is 0 Å². The van der Waals surface area contributed by atoms with Crippen molar-refractivity contribution < 1.29 is 9.90 Å². The number of allylic oxidation sites excluding steroid dienone is 11. The van der Waals surface area contributed by atoms with Gasteiger partial charge in [-0.05, 0) is 51.4 Å². The minimum atomic E-state index is -0.870. The van der Waals surface area contributed by atoms with E-state index in [0.29, 0.717) is 0 Å². The molecule has 0 aromatic heterocycles. The van der Waals surface area contributed by atoms with Crippen LogP contribution in [0.1, 0.15) is 58.3 Å². The highest BCUT2D eigenvalue weighted by molar-refractivity contribution is 5.79. The Morgan fingerprint density at radius 1 is 0.667 bits per heavy atom. The van der Waals surface area contributed by atoms with Crippen molar-refractivity contribution in [3.05, 3.63) is 72.9 Å². The maximum absolute atomic E-state index is 10.3. The molecule has 2 nitrogen and oxygen atoms in total. The van der Waals surface area contributed by atoms with Gasteiger partial charge in [-0.2, -0.15) is 0 Å². The Kier molecular flexibility index (Phi) is 17.3. The van der Waals surface area contributed by atoms with E-state index in [2.05, 4.69) is 67.7 Å². The van der Waals surface area contributed by atoms with Crippen LogP contribution in [-0.4, -0.2) is 11.1 Å². The molecule has 0 aliphatic rings. The summed E-state index contributed by atoms with van der Waals surface area (Å²) in [7, 11) is 0. The number of hydrogen-bond donors (Lipinski definition) is 1. The van der Waals surface area contributed by atoms with Crippen LogP contribution in [0.15, 0.2) is 72.9 Å². The predicted octanol–water partition coefficient (Wildman–Crippen LogP) is 6.55. The van der Waals surface area contributed by atoms with Crippen molar-refractivity contribution in [3.63, 3.8) is 0 Å². The summed E-state index contributed by atoms with van der Waals surface area (Å²) >= 11 is 0. The summed E-state index contributed by atoms with van der Waals surface area (Å²) in [6, 6.07) is 0. The van der Waals surface area contributed by atoms with Crippen LogP contribution in [0.2, 0.25) is 0 Å². The van der Waals surface area contributed by atoms with Crippen LogP contribution in [0.3, 0.4) is 0 Å². The number of carboxylic acids is 1. The van der Waals surface area contributed by atoms with Crippen LogP contribution in [0, 0.1) is 0 Å². The van der Waals surface area contributed by atoms with Gasteiger partial charge in [-0.1, -0.05) is 73.8 Å². The smallest absolute Gasteiger partial charge is 0.327 e. The van der Waals surface area contributed by atoms with Crippen LogP contribution in [0.25, 0.3) is 0 Å². The Morgan fingerprint density at radius 2 is 1.08 bits per heavy atom. The summed E-state index contributed by atoms with van der Waals surface area (Å²) in [6.07, 6.45) is 32.7. The van der Waals surface area contributed by atoms with Gasteiger partial charge in [0.2, 0.25) is 0 Å². The van der Waals surface area contributed by atoms with E-state index < -0.39 is 5.97 Å². The van der Waals surface area contributed by atoms with E-state index >= 15 is 0 Å². The summed E-state index contributed by atoms with van der Waals surface area (Å²) in [4.78, 5) is 10.3. The monoisotopic (exact) mass is 328 g/mol. The summed E-state index contributed by atoms with van der Waals surface area (Å²) in [5.41, 5.74) is 0. The third kappa shape index (κ3) is 19.9. The normalized spacial score (nSPS) is 13.0. The van der Waals surface area contributed by atoms with E-state index in [1.54, 1.807) is 6.08 Å². The molecule has 0 aromatic carbocycles. The van der Waals surface area contributed by atoms with Gasteiger partial charge < -0.3 is 5.11 Å². The molecular formula is C22H32O2. The standard InChI is InChI=1S/C22H32O2/c1-2-3-4-5-6-7-8-9-10-11-12-13-14-15-16-17-18-19-20-21-22(23)24/h3-4,6-7,9-10,12-13,15-16,20-21H,2,5,8,11,14,17-19H2,1H3,(H,23,24)/b4-3-,7-6-,10-9-,13-12-,16-15-,21-20+. The quantitative estimate of drug-likeness (QED) is 0.223. The maximum Gasteiger partial charge on any atom is 0.327 e. The lowest BCUT2D eigenvalue weighted by molar-refractivity contribution is -0.131. The van der Waals surface area contributed by atoms with Crippen molar-refractivity contribution in [1.82, 2.24) is 0 Å². The highest BCUT2D eigenvalue weighted by atomic mass is 16.4. The predicted molar refractivity (Wildman–Crippen MR) is 105 cm³/mol. The van der Waals surface area contributed by atoms with Crippen LogP contribution in [0.4, 0.5) is 0 Å². The van der Waals surface area contributed by atoms with Crippen molar-refractivity contribution >= 4 is 5.97 Å². The summed E-state index contributed by atoms with van der Waals surface area (Å²) in [5, 5.41) is 8.44. The summed E-state index contributed by atoms with van der Waals surface area (Å²) < 4.78 is 0. The molecule has 0 aromatic rings. The second-order valence-corrected chi connectivity index (χ2v) is 5.38. The number of hydrogen-bond acceptors (Lipinski definition) is 1. The SMILES string of the molecule is CC/C=C\C/C=C\C/C=C\C/C=C\C/C=C\CCC/C=C/C(=O)O. The minimum absolute atomic E-state index is 0.820. The first-order chi connectivity index (χ1) is 11.8. The first-order valence-electron chi connectivity index (χ1n) is 8.91. The van der Waals surface area contributed by atoms with E-state index in [1.807, 2.05) is 0 Å². The molecule has 0 unspecified atom stereocenters. The zero-order valence-electron chi connectivity index (χ0n) is 14.9. The van der Waals surface area contributed by atoms with Crippen molar-refractivity contribution in [3.8, 4) is 0 Å². The molecule has 0 aliphatic carbocycles. The zero-order chi connectivity index (χ0) is 17.7. The Morgan fingerprint density at radius 3 is 1.54 bits per heavy atom. The minimum Gasteiger partial charge on any atom is -0.478 e. The molecule has 0 fully saturated rings. The first-order valence-corrected chi connectivity index (χ1v) is 8.91. The fourth-order valence-electron chi connectivity index (χ4n) is 1.91. The number of carboxylic acid groups (broad SMARTS) is 1. The maximum atomic E-state index is 10.3. The van der Waals surface area contributed by atoms with Gasteiger partial charge in [-0.15, -0.1) is 0 Å². The third-order valence-corrected chi connectivity index (χ3v) is 3.16. The highest BCUT2D eigenvalue weighted by Gasteiger charge is 1.84. The molecule has 0 heterocycles. The molecule has 0 amide bonds. The van der Waals surface area contributed by atoms with Crippen LogP contribution in [0.5, 0.6) is 0 Å². The van der Waals surface area contributed by atoms with Gasteiger partial charge >= 0.3 is 5.97 Å². The van der Waals surface area contributed by atoms with Gasteiger partial charge in [-0.3, -0.25) is 0 Å². The molecule has 24 heavy (non-hydrogen) atoms. The average molecular weight is 328 g/mol. The molecule has 132 valence electrons. The number of rotatable bonds is 14. The molecule has 1 N–H and O–H groups in total. The first kappa shape index (κ1) is 21.9. The molecule has 0 radical (unpaired) electrons. The Balaban J connectivity index is 3.48. The van der Waals surface area contributed by atoms with Gasteiger partial charge in [0.15, 0.2) is 0 Å². The van der Waals surface area contributed by atoms with Gasteiger partial charge in [0.05, 0.1) is 0 Å². The second-order valence-electron chi connectivity index (χ2n) is 5.38. The molecule has 0 bridgehead atoms. The van der Waals surface area contributed by atoms with Crippen LogP contribution < -0.4 is 0 Å². The molecule has 0 saturated heterocycles. The van der Waals surface area contributed by atoms with Crippen molar-refractivity contribution in [2.45, 2.75) is 58.3 Å². The molecule has 2 heteroatoms. The second kappa shape index (κ2) is 19.0. The summed E-state index contributed by atoms with van der Waals surface area (Å²) in [5.74, 6) is -0.870. The number of carbonyl (C=O) groups is 1. The Labute approximate surface area is 147 Å². The fraction of sp³-hybridized carbons (Fsp3) is 0.409. The van der Waals surface area contributed by atoms with E-state index in [1.165, 1.54) is 6.08 Å².